The van der Waals surface area contributed by atoms with E-state index in [4.69, 9.17) is 18.0 Å². The van der Waals surface area contributed by atoms with Gasteiger partial charge in [-0.2, -0.15) is 0 Å². The van der Waals surface area contributed by atoms with Gasteiger partial charge in [0.15, 0.2) is 5.78 Å². The van der Waals surface area contributed by atoms with Crippen LogP contribution in [0.2, 0.25) is 0 Å². The van der Waals surface area contributed by atoms with Crippen molar-refractivity contribution in [2.75, 3.05) is 0 Å². The molecule has 0 aliphatic heterocycles. The third kappa shape index (κ3) is 1.89. The van der Waals surface area contributed by atoms with Gasteiger partial charge in [0.25, 0.3) is 0 Å². The van der Waals surface area contributed by atoms with Crippen molar-refractivity contribution in [1.82, 2.24) is 0 Å². The van der Waals surface area contributed by atoms with Gasteiger partial charge in [0.1, 0.15) is 4.99 Å². The Labute approximate surface area is 76.4 Å². The topological polar surface area (TPSA) is 43.1 Å². The van der Waals surface area contributed by atoms with Crippen molar-refractivity contribution in [3.05, 3.63) is 35.4 Å². The molecule has 2 nitrogen and oxygen atoms in total. The zero-order valence-corrected chi connectivity index (χ0v) is 7.52. The first-order valence-corrected chi connectivity index (χ1v) is 3.93. The Bertz CT molecular complexity index is 283. The number of hydrogen-bond donors (Lipinski definition) is 1. The van der Waals surface area contributed by atoms with Crippen molar-refractivity contribution < 1.29 is 4.79 Å². The summed E-state index contributed by atoms with van der Waals surface area (Å²) in [7, 11) is 0. The molecule has 0 aromatic heterocycles. The summed E-state index contributed by atoms with van der Waals surface area (Å²) in [5.74, 6) is 0.0458. The van der Waals surface area contributed by atoms with Crippen molar-refractivity contribution in [2.24, 2.45) is 5.73 Å². The van der Waals surface area contributed by atoms with Gasteiger partial charge in [0.05, 0.1) is 0 Å². The quantitative estimate of drug-likeness (QED) is 0.553. The lowest BCUT2D eigenvalue weighted by Gasteiger charge is -1.98. The number of Topliss-reactive ketones (excluding diaryl/α,β-unsaturated/α-hetero) is 1. The zero-order valence-electron chi connectivity index (χ0n) is 6.70. The van der Waals surface area contributed by atoms with Crippen molar-refractivity contribution in [2.45, 2.75) is 6.92 Å². The van der Waals surface area contributed by atoms with Crippen LogP contribution in [0, 0.1) is 0 Å². The molecule has 0 bridgehead atoms. The molecule has 0 fully saturated rings. The average Bonchev–Trinajstić information content (AvgIpc) is 2.04. The lowest BCUT2D eigenvalue weighted by atomic mass is 10.1. The van der Waals surface area contributed by atoms with Gasteiger partial charge in [0, 0.05) is 11.1 Å². The van der Waals surface area contributed by atoms with Crippen LogP contribution in [-0.2, 0) is 0 Å². The first kappa shape index (κ1) is 8.87. The number of benzene rings is 1. The molecule has 1 aromatic rings. The zero-order chi connectivity index (χ0) is 9.14. The molecule has 0 amide bonds. The van der Waals surface area contributed by atoms with E-state index in [1.54, 1.807) is 24.3 Å². The van der Waals surface area contributed by atoms with Crippen LogP contribution >= 0.6 is 12.2 Å². The number of carbonyl (C=O) groups is 1. The summed E-state index contributed by atoms with van der Waals surface area (Å²) in [6, 6.07) is 6.94. The minimum absolute atomic E-state index is 0.0458. The fraction of sp³-hybridized carbons (Fsp3) is 0.111. The predicted octanol–water partition coefficient (Wildman–Crippen LogP) is 1.52. The second-order valence-corrected chi connectivity index (χ2v) is 2.94. The molecule has 0 saturated carbocycles. The average molecular weight is 179 g/mol. The number of rotatable bonds is 2. The predicted molar refractivity (Wildman–Crippen MR) is 52.3 cm³/mol. The van der Waals surface area contributed by atoms with Crippen molar-refractivity contribution in [1.29, 1.82) is 0 Å². The van der Waals surface area contributed by atoms with Gasteiger partial charge < -0.3 is 5.73 Å². The molecule has 0 aliphatic rings. The van der Waals surface area contributed by atoms with Crippen LogP contribution in [-0.4, -0.2) is 10.8 Å². The Hall–Kier alpha value is -1.22. The van der Waals surface area contributed by atoms with Gasteiger partial charge in [-0.3, -0.25) is 4.79 Å². The van der Waals surface area contributed by atoms with E-state index in [1.807, 2.05) is 0 Å². The molecular weight excluding hydrogens is 170 g/mol. The number of thiocarbonyl (C=S) groups is 1. The molecule has 1 rings (SSSR count). The van der Waals surface area contributed by atoms with Crippen LogP contribution in [0.3, 0.4) is 0 Å². The van der Waals surface area contributed by atoms with E-state index in [2.05, 4.69) is 0 Å². The Morgan fingerprint density at radius 3 is 2.00 bits per heavy atom. The Morgan fingerprint density at radius 2 is 1.67 bits per heavy atom. The first-order valence-electron chi connectivity index (χ1n) is 3.52. The lowest BCUT2D eigenvalue weighted by molar-refractivity contribution is 0.101. The molecule has 0 aliphatic carbocycles. The fourth-order valence-corrected chi connectivity index (χ4v) is 1.01. The van der Waals surface area contributed by atoms with E-state index in [0.29, 0.717) is 10.6 Å². The number of hydrogen-bond acceptors (Lipinski definition) is 2. The molecule has 3 heteroatoms. The summed E-state index contributed by atoms with van der Waals surface area (Å²) in [5, 5.41) is 0. The minimum Gasteiger partial charge on any atom is -0.389 e. The van der Waals surface area contributed by atoms with Gasteiger partial charge in [-0.15, -0.1) is 0 Å². The maximum atomic E-state index is 10.9. The van der Waals surface area contributed by atoms with Gasteiger partial charge in [0.2, 0.25) is 0 Å². The number of nitrogens with two attached hydrogens (primary N) is 1. The van der Waals surface area contributed by atoms with Crippen molar-refractivity contribution in [3.8, 4) is 0 Å². The standard InChI is InChI=1S/C9H9NOS/c1-6(11)7-2-4-8(5-3-7)9(10)12/h2-5H,1H3,(H2,10,12). The molecule has 0 saturated heterocycles. The highest BCUT2D eigenvalue weighted by molar-refractivity contribution is 7.80. The third-order valence-electron chi connectivity index (χ3n) is 1.58. The smallest absolute Gasteiger partial charge is 0.159 e. The summed E-state index contributed by atoms with van der Waals surface area (Å²) < 4.78 is 0. The first-order chi connectivity index (χ1) is 5.61. The van der Waals surface area contributed by atoms with Crippen LogP contribution < -0.4 is 5.73 Å². The molecule has 0 heterocycles. The van der Waals surface area contributed by atoms with Crippen LogP contribution in [0.5, 0.6) is 0 Å². The van der Waals surface area contributed by atoms with Gasteiger partial charge in [-0.1, -0.05) is 36.5 Å². The summed E-state index contributed by atoms with van der Waals surface area (Å²) in [5.41, 5.74) is 6.85. The number of ketones is 1. The molecule has 2 N–H and O–H groups in total. The van der Waals surface area contributed by atoms with Crippen molar-refractivity contribution in [3.63, 3.8) is 0 Å². The molecule has 1 aromatic carbocycles. The molecular formula is C9H9NOS. The number of carbonyl (C=O) groups excluding carboxylic acids is 1. The van der Waals surface area contributed by atoms with Crippen molar-refractivity contribution >= 4 is 23.0 Å². The summed E-state index contributed by atoms with van der Waals surface area (Å²) in [6.45, 7) is 1.52. The molecule has 0 radical (unpaired) electrons. The summed E-state index contributed by atoms with van der Waals surface area (Å²) >= 11 is 4.76. The highest BCUT2D eigenvalue weighted by atomic mass is 32.1. The molecule has 0 unspecified atom stereocenters. The van der Waals surface area contributed by atoms with E-state index in [1.165, 1.54) is 6.92 Å². The lowest BCUT2D eigenvalue weighted by Crippen LogP contribution is -2.09. The molecule has 0 atom stereocenters. The summed E-state index contributed by atoms with van der Waals surface area (Å²) in [4.78, 5) is 11.2. The monoisotopic (exact) mass is 179 g/mol. The van der Waals surface area contributed by atoms with Gasteiger partial charge in [-0.25, -0.2) is 0 Å². The van der Waals surface area contributed by atoms with E-state index in [-0.39, 0.29) is 5.78 Å². The van der Waals surface area contributed by atoms with Gasteiger partial charge >= 0.3 is 0 Å². The second-order valence-electron chi connectivity index (χ2n) is 2.50. The van der Waals surface area contributed by atoms with Crippen LogP contribution in [0.15, 0.2) is 24.3 Å². The Balaban J connectivity index is 3.01. The molecule has 0 spiro atoms. The highest BCUT2D eigenvalue weighted by Gasteiger charge is 1.99. The van der Waals surface area contributed by atoms with E-state index in [0.717, 1.165) is 5.56 Å². The van der Waals surface area contributed by atoms with Gasteiger partial charge in [-0.05, 0) is 6.92 Å². The van der Waals surface area contributed by atoms with Crippen LogP contribution in [0.1, 0.15) is 22.8 Å². The SMILES string of the molecule is CC(=O)c1ccc(C(N)=S)cc1. The molecule has 12 heavy (non-hydrogen) atoms. The second kappa shape index (κ2) is 3.45. The molecule has 62 valence electrons. The fourth-order valence-electron chi connectivity index (χ4n) is 0.869. The van der Waals surface area contributed by atoms with Crippen LogP contribution in [0.25, 0.3) is 0 Å². The Morgan fingerprint density at radius 1 is 1.25 bits per heavy atom. The van der Waals surface area contributed by atoms with E-state index in [9.17, 15) is 4.79 Å². The van der Waals surface area contributed by atoms with E-state index < -0.39 is 0 Å². The van der Waals surface area contributed by atoms with Crippen LogP contribution in [0.4, 0.5) is 0 Å². The third-order valence-corrected chi connectivity index (χ3v) is 1.81. The summed E-state index contributed by atoms with van der Waals surface area (Å²) in [6.07, 6.45) is 0. The minimum atomic E-state index is 0.0458. The Kier molecular flexibility index (Phi) is 2.55. The largest absolute Gasteiger partial charge is 0.389 e. The normalized spacial score (nSPS) is 9.42. The maximum Gasteiger partial charge on any atom is 0.159 e. The maximum absolute atomic E-state index is 10.9. The highest BCUT2D eigenvalue weighted by Crippen LogP contribution is 2.04. The van der Waals surface area contributed by atoms with E-state index >= 15 is 0 Å².